The Morgan fingerprint density at radius 1 is 1.33 bits per heavy atom. The number of hydrogen-bond donors (Lipinski definition) is 0. The predicted molar refractivity (Wildman–Crippen MR) is 65.0 cm³/mol. The molecule has 0 amide bonds. The number of nitrogens with zero attached hydrogens (tertiary/aromatic N) is 1. The average molecular weight is 271 g/mol. The first kappa shape index (κ1) is 14.3. The molecule has 0 spiro atoms. The summed E-state index contributed by atoms with van der Waals surface area (Å²) in [6.07, 6.45) is 0. The lowest BCUT2D eigenvalue weighted by atomic mass is 10.1. The Bertz CT molecular complexity index is 604. The van der Waals surface area contributed by atoms with Crippen molar-refractivity contribution in [1.29, 1.82) is 0 Å². The summed E-state index contributed by atoms with van der Waals surface area (Å²) in [4.78, 5) is 21.1. The highest BCUT2D eigenvalue weighted by Crippen LogP contribution is 2.28. The van der Waals surface area contributed by atoms with Gasteiger partial charge < -0.3 is 0 Å². The molecule has 0 atom stereocenters. The van der Waals surface area contributed by atoms with E-state index in [0.29, 0.717) is 0 Å². The van der Waals surface area contributed by atoms with Gasteiger partial charge in [-0.3, -0.25) is 14.9 Å². The smallest absolute Gasteiger partial charge is 0.270 e. The molecule has 0 aliphatic heterocycles. The largest absolute Gasteiger partial charge is 0.298 e. The number of nitro groups is 1. The van der Waals surface area contributed by atoms with Crippen LogP contribution in [0.1, 0.15) is 20.8 Å². The third-order valence-corrected chi connectivity index (χ3v) is 5.36. The number of sulfone groups is 1. The van der Waals surface area contributed by atoms with Crippen LogP contribution in [0.3, 0.4) is 0 Å². The standard InChI is InChI=1S/C11H13NO5S/c1-8(13)11(2,3)18(16,17)10-6-4-5-9(7-10)12(14)15/h4-7H,1-3H3. The zero-order valence-electron chi connectivity index (χ0n) is 10.2. The van der Waals surface area contributed by atoms with E-state index in [4.69, 9.17) is 0 Å². The number of benzene rings is 1. The fourth-order valence-corrected chi connectivity index (χ4v) is 2.75. The van der Waals surface area contributed by atoms with Crippen LogP contribution in [0.5, 0.6) is 0 Å². The maximum atomic E-state index is 12.2. The van der Waals surface area contributed by atoms with Crippen LogP contribution in [-0.2, 0) is 14.6 Å². The molecule has 0 unspecified atom stereocenters. The van der Waals surface area contributed by atoms with Crippen molar-refractivity contribution in [2.75, 3.05) is 0 Å². The van der Waals surface area contributed by atoms with Crippen LogP contribution < -0.4 is 0 Å². The Morgan fingerprint density at radius 2 is 1.89 bits per heavy atom. The summed E-state index contributed by atoms with van der Waals surface area (Å²) in [5.41, 5.74) is -0.324. The third kappa shape index (κ3) is 2.26. The molecular weight excluding hydrogens is 258 g/mol. The van der Waals surface area contributed by atoms with Crippen LogP contribution in [-0.4, -0.2) is 23.9 Å². The minimum Gasteiger partial charge on any atom is -0.298 e. The molecule has 0 aromatic heterocycles. The lowest BCUT2D eigenvalue weighted by Gasteiger charge is -2.21. The minimum atomic E-state index is -3.95. The highest BCUT2D eigenvalue weighted by Gasteiger charge is 2.40. The van der Waals surface area contributed by atoms with E-state index in [1.165, 1.54) is 39.0 Å². The first-order valence-corrected chi connectivity index (χ1v) is 6.59. The molecule has 0 aliphatic rings. The van der Waals surface area contributed by atoms with Crippen LogP contribution in [0.25, 0.3) is 0 Å². The fourth-order valence-electron chi connectivity index (χ4n) is 1.25. The van der Waals surface area contributed by atoms with Gasteiger partial charge in [0.1, 0.15) is 4.75 Å². The molecule has 0 radical (unpaired) electrons. The Kier molecular flexibility index (Phi) is 3.57. The average Bonchev–Trinajstić information content (AvgIpc) is 2.28. The molecule has 0 aliphatic carbocycles. The van der Waals surface area contributed by atoms with Crippen molar-refractivity contribution in [2.24, 2.45) is 0 Å². The number of hydrogen-bond acceptors (Lipinski definition) is 5. The zero-order valence-corrected chi connectivity index (χ0v) is 11.0. The predicted octanol–water partition coefficient (Wildman–Crippen LogP) is 1.74. The molecule has 0 saturated carbocycles. The van der Waals surface area contributed by atoms with Crippen LogP contribution in [0, 0.1) is 10.1 Å². The normalized spacial score (nSPS) is 12.2. The van der Waals surface area contributed by atoms with Gasteiger partial charge in [0.25, 0.3) is 5.69 Å². The maximum Gasteiger partial charge on any atom is 0.270 e. The van der Waals surface area contributed by atoms with E-state index < -0.39 is 25.3 Å². The van der Waals surface area contributed by atoms with Crippen molar-refractivity contribution in [3.05, 3.63) is 34.4 Å². The fraction of sp³-hybridized carbons (Fsp3) is 0.364. The number of nitro benzene ring substituents is 1. The van der Waals surface area contributed by atoms with Crippen molar-refractivity contribution in [2.45, 2.75) is 30.4 Å². The topological polar surface area (TPSA) is 94.3 Å². The van der Waals surface area contributed by atoms with Crippen LogP contribution >= 0.6 is 0 Å². The third-order valence-electron chi connectivity index (χ3n) is 2.86. The van der Waals surface area contributed by atoms with Gasteiger partial charge in [-0.05, 0) is 26.8 Å². The zero-order chi connectivity index (χ0) is 14.1. The van der Waals surface area contributed by atoms with E-state index in [-0.39, 0.29) is 10.6 Å². The molecular formula is C11H13NO5S. The van der Waals surface area contributed by atoms with E-state index in [9.17, 15) is 23.3 Å². The molecule has 0 bridgehead atoms. The van der Waals surface area contributed by atoms with E-state index in [2.05, 4.69) is 0 Å². The van der Waals surface area contributed by atoms with Gasteiger partial charge >= 0.3 is 0 Å². The van der Waals surface area contributed by atoms with Gasteiger partial charge in [-0.1, -0.05) is 6.07 Å². The second-order valence-corrected chi connectivity index (χ2v) is 6.82. The summed E-state index contributed by atoms with van der Waals surface area (Å²) in [7, 11) is -3.95. The Balaban J connectivity index is 3.43. The number of non-ortho nitro benzene ring substituents is 1. The number of rotatable bonds is 4. The summed E-state index contributed by atoms with van der Waals surface area (Å²) in [6, 6.07) is 4.67. The van der Waals surface area contributed by atoms with E-state index in [0.717, 1.165) is 6.07 Å². The SMILES string of the molecule is CC(=O)C(C)(C)S(=O)(=O)c1cccc([N+](=O)[O-])c1. The molecule has 0 N–H and O–H groups in total. The second-order valence-electron chi connectivity index (χ2n) is 4.32. The van der Waals surface area contributed by atoms with E-state index >= 15 is 0 Å². The Morgan fingerprint density at radius 3 is 2.33 bits per heavy atom. The number of Topliss-reactive ketones (excluding diaryl/α,β-unsaturated/α-hetero) is 1. The van der Waals surface area contributed by atoms with Crippen molar-refractivity contribution in [3.63, 3.8) is 0 Å². The number of carbonyl (C=O) groups excluding carboxylic acids is 1. The molecule has 1 aromatic rings. The van der Waals surface area contributed by atoms with E-state index in [1.807, 2.05) is 0 Å². The van der Waals surface area contributed by atoms with Gasteiger partial charge in [0.15, 0.2) is 15.6 Å². The van der Waals surface area contributed by atoms with Crippen LogP contribution in [0.2, 0.25) is 0 Å². The number of carbonyl (C=O) groups is 1. The summed E-state index contributed by atoms with van der Waals surface area (Å²) < 4.78 is 22.8. The van der Waals surface area contributed by atoms with Gasteiger partial charge in [-0.25, -0.2) is 8.42 Å². The molecule has 1 aromatic carbocycles. The van der Waals surface area contributed by atoms with Crippen LogP contribution in [0.15, 0.2) is 29.2 Å². The van der Waals surface area contributed by atoms with Crippen LogP contribution in [0.4, 0.5) is 5.69 Å². The van der Waals surface area contributed by atoms with Crippen molar-refractivity contribution >= 4 is 21.3 Å². The summed E-state index contributed by atoms with van der Waals surface area (Å²) >= 11 is 0. The minimum absolute atomic E-state index is 0.225. The monoisotopic (exact) mass is 271 g/mol. The number of ketones is 1. The molecule has 6 nitrogen and oxygen atoms in total. The van der Waals surface area contributed by atoms with Gasteiger partial charge in [0, 0.05) is 12.1 Å². The van der Waals surface area contributed by atoms with Gasteiger partial charge in [0.05, 0.1) is 9.82 Å². The lowest BCUT2D eigenvalue weighted by molar-refractivity contribution is -0.385. The maximum absolute atomic E-state index is 12.2. The Hall–Kier alpha value is -1.76. The van der Waals surface area contributed by atoms with Gasteiger partial charge in [0.2, 0.25) is 0 Å². The molecule has 0 fully saturated rings. The highest BCUT2D eigenvalue weighted by molar-refractivity contribution is 7.93. The second kappa shape index (κ2) is 4.49. The first-order chi connectivity index (χ1) is 8.10. The molecule has 0 saturated heterocycles. The summed E-state index contributed by atoms with van der Waals surface area (Å²) in [5.74, 6) is -0.519. The van der Waals surface area contributed by atoms with Crippen molar-refractivity contribution < 1.29 is 18.1 Å². The molecule has 18 heavy (non-hydrogen) atoms. The highest BCUT2D eigenvalue weighted by atomic mass is 32.2. The van der Waals surface area contributed by atoms with E-state index in [1.54, 1.807) is 0 Å². The Labute approximate surface area is 105 Å². The summed E-state index contributed by atoms with van der Waals surface area (Å²) in [6.45, 7) is 3.74. The quantitative estimate of drug-likeness (QED) is 0.614. The molecule has 0 heterocycles. The van der Waals surface area contributed by atoms with Crippen molar-refractivity contribution in [3.8, 4) is 0 Å². The van der Waals surface area contributed by atoms with Gasteiger partial charge in [-0.15, -0.1) is 0 Å². The molecule has 7 heteroatoms. The molecule has 1 rings (SSSR count). The summed E-state index contributed by atoms with van der Waals surface area (Å²) in [5, 5.41) is 10.6. The molecule has 98 valence electrons. The lowest BCUT2D eigenvalue weighted by Crippen LogP contribution is -2.39. The van der Waals surface area contributed by atoms with Gasteiger partial charge in [-0.2, -0.15) is 0 Å². The first-order valence-electron chi connectivity index (χ1n) is 5.11. The van der Waals surface area contributed by atoms with Crippen molar-refractivity contribution in [1.82, 2.24) is 0 Å².